The van der Waals surface area contributed by atoms with Crippen molar-refractivity contribution in [3.63, 3.8) is 0 Å². The number of nitrogens with zero attached hydrogens (tertiary/aromatic N) is 2. The zero-order valence-corrected chi connectivity index (χ0v) is 16.4. The van der Waals surface area contributed by atoms with E-state index in [1.165, 1.54) is 5.56 Å². The zero-order valence-electron chi connectivity index (χ0n) is 16.4. The van der Waals surface area contributed by atoms with E-state index in [4.69, 9.17) is 9.15 Å². The van der Waals surface area contributed by atoms with Crippen LogP contribution in [0.4, 0.5) is 5.69 Å². The molecule has 1 heterocycles. The predicted molar refractivity (Wildman–Crippen MR) is 115 cm³/mol. The molecule has 0 atom stereocenters. The molecule has 4 rings (SSSR count). The van der Waals surface area contributed by atoms with E-state index in [1.54, 1.807) is 18.3 Å². The fourth-order valence-electron chi connectivity index (χ4n) is 3.07. The number of aromatic hydroxyl groups is 1. The van der Waals surface area contributed by atoms with Gasteiger partial charge < -0.3 is 14.3 Å². The molecule has 1 aromatic heterocycles. The molecule has 1 N–H and O–H groups in total. The third-order valence-corrected chi connectivity index (χ3v) is 4.66. The Labute approximate surface area is 169 Å². The normalized spacial score (nSPS) is 11.4. The number of hydrogen-bond donors (Lipinski definition) is 1. The fraction of sp³-hybridized carbons (Fsp3) is 0.167. The highest BCUT2D eigenvalue weighted by atomic mass is 16.5. The number of fused-ring (bicyclic) bond motifs is 1. The Kier molecular flexibility index (Phi) is 5.29. The Balaban J connectivity index is 1.55. The van der Waals surface area contributed by atoms with Gasteiger partial charge in [-0.1, -0.05) is 19.1 Å². The number of phenolic OH excluding ortho intramolecular Hbond substituents is 1. The molecule has 0 fully saturated rings. The van der Waals surface area contributed by atoms with Crippen molar-refractivity contribution in [1.82, 2.24) is 4.98 Å². The number of aryl methyl sites for hydroxylation is 1. The van der Waals surface area contributed by atoms with Gasteiger partial charge in [-0.15, -0.1) is 0 Å². The van der Waals surface area contributed by atoms with Crippen molar-refractivity contribution in [3.05, 3.63) is 71.8 Å². The topological polar surface area (TPSA) is 67.9 Å². The molecule has 0 saturated carbocycles. The van der Waals surface area contributed by atoms with Gasteiger partial charge in [0.2, 0.25) is 5.89 Å². The summed E-state index contributed by atoms with van der Waals surface area (Å²) in [7, 11) is 0. The lowest BCUT2D eigenvalue weighted by Crippen LogP contribution is -1.93. The van der Waals surface area contributed by atoms with Gasteiger partial charge in [-0.25, -0.2) is 4.98 Å². The molecule has 0 radical (unpaired) electrons. The first-order valence-corrected chi connectivity index (χ1v) is 9.66. The third kappa shape index (κ3) is 3.99. The van der Waals surface area contributed by atoms with Crippen molar-refractivity contribution >= 4 is 23.0 Å². The van der Waals surface area contributed by atoms with Gasteiger partial charge in [0.15, 0.2) is 17.1 Å². The average molecular weight is 386 g/mol. The predicted octanol–water partition coefficient (Wildman–Crippen LogP) is 5.91. The van der Waals surface area contributed by atoms with E-state index in [9.17, 15) is 5.11 Å². The monoisotopic (exact) mass is 386 g/mol. The number of phenols is 1. The first-order valence-electron chi connectivity index (χ1n) is 9.66. The van der Waals surface area contributed by atoms with Crippen LogP contribution in [-0.2, 0) is 6.42 Å². The highest BCUT2D eigenvalue weighted by Gasteiger charge is 2.09. The molecule has 0 aliphatic heterocycles. The molecule has 0 amide bonds. The van der Waals surface area contributed by atoms with Crippen molar-refractivity contribution in [2.75, 3.05) is 6.61 Å². The van der Waals surface area contributed by atoms with Gasteiger partial charge in [-0.2, -0.15) is 0 Å². The summed E-state index contributed by atoms with van der Waals surface area (Å²) in [5.74, 6) is 1.13. The molecule has 0 bridgehead atoms. The van der Waals surface area contributed by atoms with Gasteiger partial charge in [-0.3, -0.25) is 4.99 Å². The van der Waals surface area contributed by atoms with E-state index in [0.29, 0.717) is 23.8 Å². The fourth-order valence-corrected chi connectivity index (χ4v) is 3.07. The Morgan fingerprint density at radius 2 is 1.90 bits per heavy atom. The number of rotatable bonds is 6. The van der Waals surface area contributed by atoms with Crippen LogP contribution >= 0.6 is 0 Å². The standard InChI is InChI=1S/C24H22N2O3/c1-3-16-8-13-21-20(14-16)26-24(29-21)17-9-11-19(12-10-17)25-15-18-6-5-7-22(23(18)27)28-4-2/h5-15,27H,3-4H2,1-2H3. The maximum atomic E-state index is 10.3. The third-order valence-electron chi connectivity index (χ3n) is 4.66. The molecule has 5 nitrogen and oxygen atoms in total. The van der Waals surface area contributed by atoms with Crippen molar-refractivity contribution in [2.24, 2.45) is 4.99 Å². The Hall–Kier alpha value is -3.60. The van der Waals surface area contributed by atoms with Crippen molar-refractivity contribution in [3.8, 4) is 23.0 Å². The summed E-state index contributed by atoms with van der Waals surface area (Å²) in [5.41, 5.74) is 5.14. The maximum Gasteiger partial charge on any atom is 0.227 e. The maximum absolute atomic E-state index is 10.3. The average Bonchev–Trinajstić information content (AvgIpc) is 3.18. The summed E-state index contributed by atoms with van der Waals surface area (Å²) in [6, 6.07) is 19.1. The highest BCUT2D eigenvalue weighted by Crippen LogP contribution is 2.30. The summed E-state index contributed by atoms with van der Waals surface area (Å²) in [6.07, 6.45) is 2.59. The van der Waals surface area contributed by atoms with Crippen LogP contribution in [0.25, 0.3) is 22.6 Å². The van der Waals surface area contributed by atoms with Gasteiger partial charge in [-0.05, 0) is 67.4 Å². The van der Waals surface area contributed by atoms with E-state index in [1.807, 2.05) is 43.3 Å². The largest absolute Gasteiger partial charge is 0.504 e. The van der Waals surface area contributed by atoms with Crippen LogP contribution in [-0.4, -0.2) is 22.9 Å². The Bertz CT molecular complexity index is 1160. The number of benzene rings is 3. The number of para-hydroxylation sites is 1. The lowest BCUT2D eigenvalue weighted by atomic mass is 10.1. The highest BCUT2D eigenvalue weighted by molar-refractivity contribution is 5.86. The van der Waals surface area contributed by atoms with Crippen LogP contribution < -0.4 is 4.74 Å². The van der Waals surface area contributed by atoms with E-state index in [0.717, 1.165) is 28.8 Å². The van der Waals surface area contributed by atoms with Crippen molar-refractivity contribution < 1.29 is 14.3 Å². The van der Waals surface area contributed by atoms with E-state index in [-0.39, 0.29) is 5.75 Å². The van der Waals surface area contributed by atoms with Crippen LogP contribution in [0.1, 0.15) is 25.0 Å². The minimum Gasteiger partial charge on any atom is -0.504 e. The summed E-state index contributed by atoms with van der Waals surface area (Å²) in [4.78, 5) is 9.05. The summed E-state index contributed by atoms with van der Waals surface area (Å²) >= 11 is 0. The van der Waals surface area contributed by atoms with Gasteiger partial charge in [0, 0.05) is 17.3 Å². The van der Waals surface area contributed by atoms with Crippen molar-refractivity contribution in [2.45, 2.75) is 20.3 Å². The molecule has 0 saturated heterocycles. The van der Waals surface area contributed by atoms with Gasteiger partial charge in [0.05, 0.1) is 12.3 Å². The molecule has 29 heavy (non-hydrogen) atoms. The Morgan fingerprint density at radius 3 is 2.66 bits per heavy atom. The van der Waals surface area contributed by atoms with Crippen LogP contribution in [0.3, 0.4) is 0 Å². The second-order valence-electron chi connectivity index (χ2n) is 6.61. The molecule has 0 aliphatic rings. The quantitative estimate of drug-likeness (QED) is 0.418. The van der Waals surface area contributed by atoms with Gasteiger partial charge in [0.1, 0.15) is 5.52 Å². The minimum atomic E-state index is 0.0904. The number of aromatic nitrogens is 1. The molecule has 0 spiro atoms. The van der Waals surface area contributed by atoms with Crippen LogP contribution in [0, 0.1) is 0 Å². The smallest absolute Gasteiger partial charge is 0.227 e. The number of ether oxygens (including phenoxy) is 1. The SMILES string of the molecule is CCOc1cccc(C=Nc2ccc(-c3nc4cc(CC)ccc4o3)cc2)c1O. The van der Waals surface area contributed by atoms with Gasteiger partial charge >= 0.3 is 0 Å². The molecule has 0 aliphatic carbocycles. The zero-order chi connectivity index (χ0) is 20.2. The van der Waals surface area contributed by atoms with Crippen LogP contribution in [0.2, 0.25) is 0 Å². The van der Waals surface area contributed by atoms with E-state index in [2.05, 4.69) is 29.0 Å². The van der Waals surface area contributed by atoms with Crippen LogP contribution in [0.5, 0.6) is 11.5 Å². The summed E-state index contributed by atoms with van der Waals surface area (Å²) in [5, 5.41) is 10.3. The molecule has 0 unspecified atom stereocenters. The summed E-state index contributed by atoms with van der Waals surface area (Å²) in [6.45, 7) is 4.49. The van der Waals surface area contributed by atoms with Gasteiger partial charge in [0.25, 0.3) is 0 Å². The second kappa shape index (κ2) is 8.19. The van der Waals surface area contributed by atoms with Crippen molar-refractivity contribution in [1.29, 1.82) is 0 Å². The molecule has 4 aromatic rings. The number of aliphatic imine (C=N–C) groups is 1. The lowest BCUT2D eigenvalue weighted by molar-refractivity contribution is 0.318. The second-order valence-corrected chi connectivity index (χ2v) is 6.61. The summed E-state index contributed by atoms with van der Waals surface area (Å²) < 4.78 is 11.3. The first-order chi connectivity index (χ1) is 14.2. The Morgan fingerprint density at radius 1 is 1.07 bits per heavy atom. The first kappa shape index (κ1) is 18.7. The lowest BCUT2D eigenvalue weighted by Gasteiger charge is -2.07. The number of oxazole rings is 1. The molecular weight excluding hydrogens is 364 g/mol. The van der Waals surface area contributed by atoms with E-state index < -0.39 is 0 Å². The number of hydrogen-bond acceptors (Lipinski definition) is 5. The minimum absolute atomic E-state index is 0.0904. The molecule has 146 valence electrons. The molecule has 5 heteroatoms. The molecular formula is C24H22N2O3. The molecule has 3 aromatic carbocycles. The van der Waals surface area contributed by atoms with Crippen LogP contribution in [0.15, 0.2) is 70.1 Å². The van der Waals surface area contributed by atoms with E-state index >= 15 is 0 Å².